The van der Waals surface area contributed by atoms with E-state index in [9.17, 15) is 4.79 Å². The molecule has 0 radical (unpaired) electrons. The van der Waals surface area contributed by atoms with E-state index in [4.69, 9.17) is 4.74 Å². The van der Waals surface area contributed by atoms with Crippen LogP contribution in [0.2, 0.25) is 0 Å². The second-order valence-corrected chi connectivity index (χ2v) is 10.3. The first-order valence-electron chi connectivity index (χ1n) is 12.1. The van der Waals surface area contributed by atoms with E-state index >= 15 is 0 Å². The molecule has 174 valence electrons. The molecule has 1 saturated heterocycles. The van der Waals surface area contributed by atoms with Crippen LogP contribution in [0.3, 0.4) is 0 Å². The molecular formula is C28H40N2O2. The molecular weight excluding hydrogens is 396 g/mol. The van der Waals surface area contributed by atoms with E-state index in [0.717, 1.165) is 30.3 Å². The van der Waals surface area contributed by atoms with Gasteiger partial charge in [0.1, 0.15) is 5.75 Å². The molecule has 1 aliphatic heterocycles. The van der Waals surface area contributed by atoms with E-state index in [1.807, 2.05) is 26.0 Å². The van der Waals surface area contributed by atoms with Crippen LogP contribution in [-0.4, -0.2) is 25.1 Å². The molecule has 0 spiro atoms. The lowest BCUT2D eigenvalue weighted by Crippen LogP contribution is -2.39. The van der Waals surface area contributed by atoms with Gasteiger partial charge >= 0.3 is 0 Å². The molecule has 0 unspecified atom stereocenters. The minimum absolute atomic E-state index is 0.0715. The highest BCUT2D eigenvalue weighted by molar-refractivity contribution is 5.81. The number of hydrogen-bond donors (Lipinski definition) is 1. The van der Waals surface area contributed by atoms with Crippen LogP contribution in [0.4, 0.5) is 5.69 Å². The van der Waals surface area contributed by atoms with E-state index in [1.165, 1.54) is 24.1 Å². The van der Waals surface area contributed by atoms with Crippen molar-refractivity contribution >= 4 is 11.6 Å². The Morgan fingerprint density at radius 3 is 2.34 bits per heavy atom. The number of amides is 1. The van der Waals surface area contributed by atoms with E-state index in [-0.39, 0.29) is 17.4 Å². The molecule has 2 aromatic rings. The third-order valence-corrected chi connectivity index (χ3v) is 6.44. The van der Waals surface area contributed by atoms with Crippen molar-refractivity contribution in [1.82, 2.24) is 5.32 Å². The van der Waals surface area contributed by atoms with Gasteiger partial charge in [0.25, 0.3) is 5.91 Å². The smallest absolute Gasteiger partial charge is 0.261 e. The standard InChI is InChI=1S/C28H40N2O2/c1-7-26(32-25-16-12-23(13-17-25)28(4,5)6)27(31)29-21(3)22-10-14-24(15-11-22)30-18-8-9-20(2)19-30/h10-17,20-21,26H,7-9,18-19H2,1-6H3,(H,29,31)/t20-,21-,26-/m0/s1. The quantitative estimate of drug-likeness (QED) is 0.557. The van der Waals surface area contributed by atoms with Gasteiger partial charge in [-0.05, 0) is 72.9 Å². The summed E-state index contributed by atoms with van der Waals surface area (Å²) in [5.74, 6) is 1.40. The summed E-state index contributed by atoms with van der Waals surface area (Å²) in [6.45, 7) is 15.1. The van der Waals surface area contributed by atoms with Crippen molar-refractivity contribution in [1.29, 1.82) is 0 Å². The zero-order chi connectivity index (χ0) is 23.3. The zero-order valence-electron chi connectivity index (χ0n) is 20.7. The lowest BCUT2D eigenvalue weighted by molar-refractivity contribution is -0.128. The van der Waals surface area contributed by atoms with Crippen LogP contribution in [0.25, 0.3) is 0 Å². The molecule has 4 heteroatoms. The first kappa shape index (κ1) is 24.2. The average molecular weight is 437 g/mol. The number of piperidine rings is 1. The number of carbonyl (C=O) groups is 1. The summed E-state index contributed by atoms with van der Waals surface area (Å²) in [4.78, 5) is 15.4. The van der Waals surface area contributed by atoms with Crippen LogP contribution in [0.15, 0.2) is 48.5 Å². The van der Waals surface area contributed by atoms with Gasteiger partial charge in [-0.2, -0.15) is 0 Å². The zero-order valence-corrected chi connectivity index (χ0v) is 20.7. The Bertz CT molecular complexity index is 868. The van der Waals surface area contributed by atoms with Crippen molar-refractivity contribution in [2.45, 2.75) is 78.4 Å². The summed E-state index contributed by atoms with van der Waals surface area (Å²) in [7, 11) is 0. The first-order valence-corrected chi connectivity index (χ1v) is 12.1. The summed E-state index contributed by atoms with van der Waals surface area (Å²) in [5.41, 5.74) is 3.72. The third-order valence-electron chi connectivity index (χ3n) is 6.44. The van der Waals surface area contributed by atoms with Crippen LogP contribution >= 0.6 is 0 Å². The van der Waals surface area contributed by atoms with Gasteiger partial charge in [0.2, 0.25) is 0 Å². The second kappa shape index (κ2) is 10.4. The second-order valence-electron chi connectivity index (χ2n) is 10.3. The molecule has 0 saturated carbocycles. The molecule has 4 nitrogen and oxygen atoms in total. The van der Waals surface area contributed by atoms with Crippen molar-refractivity contribution in [3.8, 4) is 5.75 Å². The largest absolute Gasteiger partial charge is 0.481 e. The maximum Gasteiger partial charge on any atom is 0.261 e. The molecule has 3 atom stereocenters. The van der Waals surface area contributed by atoms with Gasteiger partial charge in [0.15, 0.2) is 6.10 Å². The molecule has 0 aliphatic carbocycles. The molecule has 3 rings (SSSR count). The van der Waals surface area contributed by atoms with Crippen LogP contribution in [0.5, 0.6) is 5.75 Å². The molecule has 1 N–H and O–H groups in total. The Labute approximate surface area is 194 Å². The summed E-state index contributed by atoms with van der Waals surface area (Å²) < 4.78 is 6.02. The number of nitrogens with one attached hydrogen (secondary N) is 1. The third kappa shape index (κ3) is 6.27. The number of anilines is 1. The molecule has 1 heterocycles. The van der Waals surface area contributed by atoms with Crippen LogP contribution < -0.4 is 15.0 Å². The highest BCUT2D eigenvalue weighted by Gasteiger charge is 2.22. The van der Waals surface area contributed by atoms with Gasteiger partial charge in [0.05, 0.1) is 6.04 Å². The average Bonchev–Trinajstić information content (AvgIpc) is 2.77. The van der Waals surface area contributed by atoms with Crippen LogP contribution in [-0.2, 0) is 10.2 Å². The number of ether oxygens (including phenoxy) is 1. The van der Waals surface area contributed by atoms with Gasteiger partial charge in [0, 0.05) is 18.8 Å². The molecule has 1 fully saturated rings. The van der Waals surface area contributed by atoms with E-state index in [2.05, 4.69) is 74.3 Å². The first-order chi connectivity index (χ1) is 15.2. The maximum absolute atomic E-state index is 12.9. The predicted molar refractivity (Wildman–Crippen MR) is 133 cm³/mol. The monoisotopic (exact) mass is 436 g/mol. The Balaban J connectivity index is 1.58. The molecule has 32 heavy (non-hydrogen) atoms. The van der Waals surface area contributed by atoms with Crippen molar-refractivity contribution < 1.29 is 9.53 Å². The molecule has 0 bridgehead atoms. The summed E-state index contributed by atoms with van der Waals surface area (Å²) in [6, 6.07) is 16.6. The molecule has 0 aromatic heterocycles. The summed E-state index contributed by atoms with van der Waals surface area (Å²) in [5, 5.41) is 3.13. The summed E-state index contributed by atoms with van der Waals surface area (Å²) in [6.07, 6.45) is 2.68. The fraction of sp³-hybridized carbons (Fsp3) is 0.536. The van der Waals surface area contributed by atoms with Crippen LogP contribution in [0, 0.1) is 5.92 Å². The van der Waals surface area contributed by atoms with Crippen molar-refractivity contribution in [3.63, 3.8) is 0 Å². The van der Waals surface area contributed by atoms with Gasteiger partial charge in [-0.15, -0.1) is 0 Å². The van der Waals surface area contributed by atoms with Gasteiger partial charge < -0.3 is 15.0 Å². The Kier molecular flexibility index (Phi) is 7.86. The van der Waals surface area contributed by atoms with E-state index in [1.54, 1.807) is 0 Å². The van der Waals surface area contributed by atoms with Crippen molar-refractivity contribution in [2.24, 2.45) is 5.92 Å². The van der Waals surface area contributed by atoms with E-state index in [0.29, 0.717) is 6.42 Å². The predicted octanol–water partition coefficient (Wildman–Crippen LogP) is 6.26. The number of benzene rings is 2. The van der Waals surface area contributed by atoms with E-state index < -0.39 is 6.10 Å². The van der Waals surface area contributed by atoms with Gasteiger partial charge in [-0.3, -0.25) is 4.79 Å². The highest BCUT2D eigenvalue weighted by Crippen LogP contribution is 2.26. The highest BCUT2D eigenvalue weighted by atomic mass is 16.5. The number of nitrogens with zero attached hydrogens (tertiary/aromatic N) is 1. The van der Waals surface area contributed by atoms with Gasteiger partial charge in [-0.1, -0.05) is 58.9 Å². The number of rotatable bonds is 7. The SMILES string of the molecule is CC[C@H](Oc1ccc(C(C)(C)C)cc1)C(=O)N[C@@H](C)c1ccc(N2CCC[C@H](C)C2)cc1. The topological polar surface area (TPSA) is 41.6 Å². The minimum Gasteiger partial charge on any atom is -0.481 e. The van der Waals surface area contributed by atoms with Crippen LogP contribution in [0.1, 0.15) is 78.0 Å². The lowest BCUT2D eigenvalue weighted by Gasteiger charge is -2.33. The minimum atomic E-state index is -0.507. The Morgan fingerprint density at radius 1 is 1.12 bits per heavy atom. The van der Waals surface area contributed by atoms with Crippen molar-refractivity contribution in [2.75, 3.05) is 18.0 Å². The fourth-order valence-corrected chi connectivity index (χ4v) is 4.31. The number of carbonyl (C=O) groups excluding carboxylic acids is 1. The summed E-state index contributed by atoms with van der Waals surface area (Å²) >= 11 is 0. The molecule has 2 aromatic carbocycles. The number of hydrogen-bond acceptors (Lipinski definition) is 3. The fourth-order valence-electron chi connectivity index (χ4n) is 4.31. The Morgan fingerprint density at radius 2 is 1.78 bits per heavy atom. The lowest BCUT2D eigenvalue weighted by atomic mass is 9.87. The van der Waals surface area contributed by atoms with Crippen molar-refractivity contribution in [3.05, 3.63) is 59.7 Å². The maximum atomic E-state index is 12.9. The van der Waals surface area contributed by atoms with Gasteiger partial charge in [-0.25, -0.2) is 0 Å². The Hall–Kier alpha value is -2.49. The molecule has 1 aliphatic rings. The normalized spacial score (nSPS) is 18.7. The molecule has 1 amide bonds.